The minimum atomic E-state index is -0.311. The van der Waals surface area contributed by atoms with Crippen LogP contribution in [0, 0.1) is 6.92 Å². The molecule has 0 aliphatic carbocycles. The van der Waals surface area contributed by atoms with Gasteiger partial charge in [0, 0.05) is 21.8 Å². The van der Waals surface area contributed by atoms with Gasteiger partial charge in [-0.3, -0.25) is 4.79 Å². The van der Waals surface area contributed by atoms with Crippen molar-refractivity contribution in [3.05, 3.63) is 58.3 Å². The van der Waals surface area contributed by atoms with Crippen molar-refractivity contribution < 1.29 is 18.8 Å². The molecule has 0 atom stereocenters. The lowest BCUT2D eigenvalue weighted by molar-refractivity contribution is 0.102. The van der Waals surface area contributed by atoms with E-state index in [9.17, 15) is 4.79 Å². The molecule has 0 spiro atoms. The van der Waals surface area contributed by atoms with Crippen LogP contribution in [0.2, 0.25) is 0 Å². The number of aryl methyl sites for hydroxylation is 1. The summed E-state index contributed by atoms with van der Waals surface area (Å²) in [5, 5.41) is 6.89. The highest BCUT2D eigenvalue weighted by atomic mass is 79.9. The molecule has 26 heavy (non-hydrogen) atoms. The van der Waals surface area contributed by atoms with Crippen LogP contribution in [0.1, 0.15) is 16.1 Å². The fraction of sp³-hybridized carbons (Fsp3) is 0.158. The minimum absolute atomic E-state index is 0.311. The van der Waals surface area contributed by atoms with Crippen molar-refractivity contribution in [2.45, 2.75) is 6.92 Å². The molecule has 3 aromatic rings. The van der Waals surface area contributed by atoms with Gasteiger partial charge in [-0.2, -0.15) is 0 Å². The molecule has 1 aromatic heterocycles. The summed E-state index contributed by atoms with van der Waals surface area (Å²) in [6.45, 7) is 1.71. The molecular formula is C19H17BrN2O4. The van der Waals surface area contributed by atoms with Crippen molar-refractivity contribution in [1.82, 2.24) is 5.16 Å². The molecule has 0 aliphatic rings. The molecule has 0 fully saturated rings. The summed E-state index contributed by atoms with van der Waals surface area (Å²) >= 11 is 3.39. The Bertz CT molecular complexity index is 935. The number of halogens is 1. The van der Waals surface area contributed by atoms with E-state index in [-0.39, 0.29) is 5.91 Å². The Balaban J connectivity index is 1.91. The number of amides is 1. The normalized spacial score (nSPS) is 10.5. The van der Waals surface area contributed by atoms with E-state index < -0.39 is 0 Å². The summed E-state index contributed by atoms with van der Waals surface area (Å²) in [4.78, 5) is 12.8. The second-order valence-corrected chi connectivity index (χ2v) is 6.41. The third-order valence-corrected chi connectivity index (χ3v) is 4.38. The van der Waals surface area contributed by atoms with Gasteiger partial charge in [0.25, 0.3) is 5.91 Å². The van der Waals surface area contributed by atoms with E-state index in [2.05, 4.69) is 26.4 Å². The number of carbonyl (C=O) groups excluding carboxylic acids is 1. The molecule has 0 unspecified atom stereocenters. The van der Waals surface area contributed by atoms with Gasteiger partial charge in [0.2, 0.25) is 0 Å². The van der Waals surface area contributed by atoms with Crippen LogP contribution < -0.4 is 14.8 Å². The minimum Gasteiger partial charge on any atom is -0.493 e. The average Bonchev–Trinajstić information content (AvgIpc) is 3.03. The summed E-state index contributed by atoms with van der Waals surface area (Å²) in [6, 6.07) is 12.7. The monoisotopic (exact) mass is 416 g/mol. The third-order valence-electron chi connectivity index (χ3n) is 3.85. The average molecular weight is 417 g/mol. The predicted octanol–water partition coefficient (Wildman–Crippen LogP) is 4.68. The van der Waals surface area contributed by atoms with E-state index in [1.54, 1.807) is 39.3 Å². The standard InChI is InChI=1S/C19H17BrN2O4/c1-11-17(18(22-26-11)12-4-6-13(20)7-5-12)19(23)21-14-8-9-15(24-2)16(10-14)25-3/h4-10H,1-3H3,(H,21,23). The number of nitrogens with zero attached hydrogens (tertiary/aromatic N) is 1. The summed E-state index contributed by atoms with van der Waals surface area (Å²) in [7, 11) is 3.10. The highest BCUT2D eigenvalue weighted by molar-refractivity contribution is 9.10. The molecule has 0 aliphatic heterocycles. The number of methoxy groups -OCH3 is 2. The quantitative estimate of drug-likeness (QED) is 0.653. The van der Waals surface area contributed by atoms with Gasteiger partial charge in [0.15, 0.2) is 11.5 Å². The highest BCUT2D eigenvalue weighted by Gasteiger charge is 2.22. The van der Waals surface area contributed by atoms with E-state index in [1.807, 2.05) is 24.3 Å². The van der Waals surface area contributed by atoms with Crippen molar-refractivity contribution in [2.75, 3.05) is 19.5 Å². The molecule has 0 radical (unpaired) electrons. The van der Waals surface area contributed by atoms with Crippen molar-refractivity contribution in [1.29, 1.82) is 0 Å². The number of aromatic nitrogens is 1. The number of benzene rings is 2. The van der Waals surface area contributed by atoms with Crippen LogP contribution in [0.15, 0.2) is 51.5 Å². The maximum Gasteiger partial charge on any atom is 0.261 e. The number of hydrogen-bond acceptors (Lipinski definition) is 5. The van der Waals surface area contributed by atoms with E-state index >= 15 is 0 Å². The van der Waals surface area contributed by atoms with Gasteiger partial charge in [-0.05, 0) is 31.2 Å². The molecule has 1 heterocycles. The second kappa shape index (κ2) is 7.61. The van der Waals surface area contributed by atoms with Gasteiger partial charge in [-0.1, -0.05) is 33.2 Å². The zero-order valence-corrected chi connectivity index (χ0v) is 16.1. The van der Waals surface area contributed by atoms with E-state index in [4.69, 9.17) is 14.0 Å². The third kappa shape index (κ3) is 3.57. The van der Waals surface area contributed by atoms with Crippen molar-refractivity contribution in [3.8, 4) is 22.8 Å². The molecule has 0 saturated carbocycles. The van der Waals surface area contributed by atoms with Crippen molar-refractivity contribution in [2.24, 2.45) is 0 Å². The smallest absolute Gasteiger partial charge is 0.261 e. The Morgan fingerprint density at radius 2 is 1.77 bits per heavy atom. The first-order chi connectivity index (χ1) is 12.5. The molecule has 134 valence electrons. The predicted molar refractivity (Wildman–Crippen MR) is 102 cm³/mol. The van der Waals surface area contributed by atoms with Gasteiger partial charge < -0.3 is 19.3 Å². The summed E-state index contributed by atoms with van der Waals surface area (Å²) in [5.41, 5.74) is 2.26. The molecule has 1 N–H and O–H groups in total. The van der Waals surface area contributed by atoms with Crippen LogP contribution in [0.3, 0.4) is 0 Å². The first kappa shape index (κ1) is 18.0. The van der Waals surface area contributed by atoms with Gasteiger partial charge in [0.05, 0.1) is 14.2 Å². The van der Waals surface area contributed by atoms with Crippen LogP contribution in [0.25, 0.3) is 11.3 Å². The summed E-state index contributed by atoms with van der Waals surface area (Å²) in [6.07, 6.45) is 0. The van der Waals surface area contributed by atoms with Crippen LogP contribution >= 0.6 is 15.9 Å². The van der Waals surface area contributed by atoms with E-state index in [0.29, 0.717) is 34.2 Å². The number of nitrogens with one attached hydrogen (secondary N) is 1. The topological polar surface area (TPSA) is 73.6 Å². The fourth-order valence-corrected chi connectivity index (χ4v) is 2.82. The molecule has 3 rings (SSSR count). The number of ether oxygens (including phenoxy) is 2. The van der Waals surface area contributed by atoms with Crippen molar-refractivity contribution in [3.63, 3.8) is 0 Å². The van der Waals surface area contributed by atoms with Crippen molar-refractivity contribution >= 4 is 27.5 Å². The molecule has 0 saturated heterocycles. The Kier molecular flexibility index (Phi) is 5.27. The van der Waals surface area contributed by atoms with E-state index in [1.165, 1.54) is 0 Å². The van der Waals surface area contributed by atoms with Crippen LogP contribution in [0.4, 0.5) is 5.69 Å². The Hall–Kier alpha value is -2.80. The van der Waals surface area contributed by atoms with Gasteiger partial charge in [-0.25, -0.2) is 0 Å². The lowest BCUT2D eigenvalue weighted by Gasteiger charge is -2.10. The molecular weight excluding hydrogens is 400 g/mol. The van der Waals surface area contributed by atoms with Crippen LogP contribution in [0.5, 0.6) is 11.5 Å². The first-order valence-corrected chi connectivity index (χ1v) is 8.58. The number of anilines is 1. The van der Waals surface area contributed by atoms with E-state index in [0.717, 1.165) is 10.0 Å². The molecule has 0 bridgehead atoms. The maximum atomic E-state index is 12.8. The second-order valence-electron chi connectivity index (χ2n) is 5.49. The zero-order valence-electron chi connectivity index (χ0n) is 14.5. The fourth-order valence-electron chi connectivity index (χ4n) is 2.55. The summed E-state index contributed by atoms with van der Waals surface area (Å²) < 4.78 is 16.7. The maximum absolute atomic E-state index is 12.8. The lowest BCUT2D eigenvalue weighted by Crippen LogP contribution is -2.13. The Morgan fingerprint density at radius 3 is 2.42 bits per heavy atom. The molecule has 6 nitrogen and oxygen atoms in total. The lowest BCUT2D eigenvalue weighted by atomic mass is 10.1. The molecule has 1 amide bonds. The Labute approximate surface area is 159 Å². The van der Waals surface area contributed by atoms with Gasteiger partial charge >= 0.3 is 0 Å². The molecule has 7 heteroatoms. The largest absolute Gasteiger partial charge is 0.493 e. The summed E-state index contributed by atoms with van der Waals surface area (Å²) in [5.74, 6) is 1.25. The highest BCUT2D eigenvalue weighted by Crippen LogP contribution is 2.31. The Morgan fingerprint density at radius 1 is 1.08 bits per heavy atom. The zero-order chi connectivity index (χ0) is 18.7. The number of carbonyl (C=O) groups is 1. The van der Waals surface area contributed by atoms with Gasteiger partial charge in [0.1, 0.15) is 17.0 Å². The molecule has 2 aromatic carbocycles. The SMILES string of the molecule is COc1ccc(NC(=O)c2c(-c3ccc(Br)cc3)noc2C)cc1OC. The first-order valence-electron chi connectivity index (χ1n) is 7.79. The number of rotatable bonds is 5. The van der Waals surface area contributed by atoms with Gasteiger partial charge in [-0.15, -0.1) is 0 Å². The number of hydrogen-bond donors (Lipinski definition) is 1. The van der Waals surface area contributed by atoms with Crippen LogP contribution in [-0.2, 0) is 0 Å². The van der Waals surface area contributed by atoms with Crippen LogP contribution in [-0.4, -0.2) is 25.3 Å².